The van der Waals surface area contributed by atoms with Crippen LogP contribution in [-0.2, 0) is 16.1 Å². The summed E-state index contributed by atoms with van der Waals surface area (Å²) in [5, 5.41) is 13.3. The molecule has 4 aromatic rings. The van der Waals surface area contributed by atoms with Gasteiger partial charge >= 0.3 is 5.97 Å². The Labute approximate surface area is 233 Å². The largest absolute Gasteiger partial charge is 0.496 e. The molecule has 0 saturated carbocycles. The number of fused-ring (bicyclic) bond motifs is 1. The summed E-state index contributed by atoms with van der Waals surface area (Å²) in [6.07, 6.45) is 1.38. The van der Waals surface area contributed by atoms with Crippen LogP contribution in [0.15, 0.2) is 36.7 Å². The standard InChI is InChI=1S/C27H27FN6O5S/c1-5-38-21-12-22(40-26(21)27(36)39-14-24(35)33(2)3)19-11-23(32-15-31-19)30-8-9-34-16(13-29)10-17-20(37-4)7-6-18(28)25(17)34/h6-7,10-12,15H,5,8-9,14H2,1-4H3,(H,30,31,32). The van der Waals surface area contributed by atoms with Gasteiger partial charge in [0.25, 0.3) is 5.91 Å². The van der Waals surface area contributed by atoms with E-state index in [2.05, 4.69) is 21.4 Å². The number of hydrogen-bond donors (Lipinski definition) is 1. The third-order valence-corrected chi connectivity index (χ3v) is 6.99. The van der Waals surface area contributed by atoms with Crippen LogP contribution in [-0.4, -0.2) is 72.3 Å². The van der Waals surface area contributed by atoms with Crippen LogP contribution in [0.4, 0.5) is 10.2 Å². The van der Waals surface area contributed by atoms with E-state index < -0.39 is 11.8 Å². The van der Waals surface area contributed by atoms with Crippen LogP contribution in [0.25, 0.3) is 21.5 Å². The van der Waals surface area contributed by atoms with Crippen molar-refractivity contribution in [2.24, 2.45) is 0 Å². The number of aromatic nitrogens is 3. The molecule has 1 aromatic carbocycles. The summed E-state index contributed by atoms with van der Waals surface area (Å²) in [6.45, 7) is 2.35. The first-order valence-corrected chi connectivity index (χ1v) is 13.0. The summed E-state index contributed by atoms with van der Waals surface area (Å²) in [7, 11) is 4.64. The number of hydrogen-bond acceptors (Lipinski definition) is 10. The predicted octanol–water partition coefficient (Wildman–Crippen LogP) is 3.93. The number of halogens is 1. The Morgan fingerprint density at radius 3 is 2.70 bits per heavy atom. The second kappa shape index (κ2) is 12.4. The van der Waals surface area contributed by atoms with Crippen LogP contribution in [0.1, 0.15) is 22.3 Å². The zero-order chi connectivity index (χ0) is 28.8. The minimum atomic E-state index is -0.668. The van der Waals surface area contributed by atoms with Crippen LogP contribution < -0.4 is 14.8 Å². The third kappa shape index (κ3) is 5.97. The van der Waals surface area contributed by atoms with E-state index in [9.17, 15) is 19.2 Å². The van der Waals surface area contributed by atoms with E-state index in [0.717, 1.165) is 11.3 Å². The quantitative estimate of drug-likeness (QED) is 0.268. The molecule has 3 aromatic heterocycles. The van der Waals surface area contributed by atoms with Gasteiger partial charge in [0.1, 0.15) is 41.2 Å². The van der Waals surface area contributed by atoms with Gasteiger partial charge in [-0.1, -0.05) is 0 Å². The number of esters is 1. The van der Waals surface area contributed by atoms with Crippen molar-refractivity contribution in [3.8, 4) is 28.1 Å². The van der Waals surface area contributed by atoms with Crippen molar-refractivity contribution >= 4 is 39.9 Å². The summed E-state index contributed by atoms with van der Waals surface area (Å²) < 4.78 is 32.4. The highest BCUT2D eigenvalue weighted by Crippen LogP contribution is 2.36. The molecule has 1 amide bonds. The van der Waals surface area contributed by atoms with E-state index in [-0.39, 0.29) is 29.5 Å². The lowest BCUT2D eigenvalue weighted by Gasteiger charge is -2.11. The van der Waals surface area contributed by atoms with Gasteiger partial charge in [-0.25, -0.2) is 19.2 Å². The molecule has 0 bridgehead atoms. The molecule has 13 heteroatoms. The van der Waals surface area contributed by atoms with Crippen molar-refractivity contribution < 1.29 is 28.2 Å². The van der Waals surface area contributed by atoms with Crippen LogP contribution >= 0.6 is 11.3 Å². The minimum Gasteiger partial charge on any atom is -0.496 e. The number of amides is 1. The molecular formula is C27H27FN6O5S. The van der Waals surface area contributed by atoms with Gasteiger partial charge < -0.3 is 29.0 Å². The van der Waals surface area contributed by atoms with Crippen molar-refractivity contribution in [1.29, 1.82) is 5.26 Å². The van der Waals surface area contributed by atoms with Crippen molar-refractivity contribution in [3.63, 3.8) is 0 Å². The second-order valence-corrected chi connectivity index (χ2v) is 9.67. The van der Waals surface area contributed by atoms with Gasteiger partial charge in [-0.3, -0.25) is 4.79 Å². The first-order valence-electron chi connectivity index (χ1n) is 12.2. The number of nitrogens with one attached hydrogen (secondary N) is 1. The third-order valence-electron chi connectivity index (χ3n) is 5.87. The average molecular weight is 567 g/mol. The Kier molecular flexibility index (Phi) is 8.80. The molecule has 0 aliphatic heterocycles. The number of benzene rings is 1. The number of rotatable bonds is 11. The van der Waals surface area contributed by atoms with Crippen molar-refractivity contribution in [2.75, 3.05) is 46.3 Å². The summed E-state index contributed by atoms with van der Waals surface area (Å²) >= 11 is 1.13. The van der Waals surface area contributed by atoms with E-state index in [1.807, 2.05) is 0 Å². The summed E-state index contributed by atoms with van der Waals surface area (Å²) in [4.78, 5) is 35.2. The van der Waals surface area contributed by atoms with Crippen molar-refractivity contribution in [2.45, 2.75) is 13.5 Å². The van der Waals surface area contributed by atoms with Crippen LogP contribution in [0, 0.1) is 17.1 Å². The lowest BCUT2D eigenvalue weighted by Crippen LogP contribution is -2.27. The van der Waals surface area contributed by atoms with Crippen molar-refractivity contribution in [3.05, 3.63) is 53.0 Å². The second-order valence-electron chi connectivity index (χ2n) is 8.62. The van der Waals surface area contributed by atoms with Crippen molar-refractivity contribution in [1.82, 2.24) is 19.4 Å². The molecule has 0 unspecified atom stereocenters. The average Bonchev–Trinajstić information content (AvgIpc) is 3.54. The smallest absolute Gasteiger partial charge is 0.352 e. The van der Waals surface area contributed by atoms with Gasteiger partial charge in [-0.2, -0.15) is 5.26 Å². The van der Waals surface area contributed by atoms with Gasteiger partial charge in [0.15, 0.2) is 11.5 Å². The number of nitrogens with zero attached hydrogens (tertiary/aromatic N) is 5. The van der Waals surface area contributed by atoms with Crippen LogP contribution in [0.2, 0.25) is 0 Å². The lowest BCUT2D eigenvalue weighted by molar-refractivity contribution is -0.131. The van der Waals surface area contributed by atoms with Crippen LogP contribution in [0.5, 0.6) is 11.5 Å². The van der Waals surface area contributed by atoms with E-state index in [4.69, 9.17) is 14.2 Å². The van der Waals surface area contributed by atoms with Gasteiger partial charge in [-0.05, 0) is 25.1 Å². The fourth-order valence-corrected chi connectivity index (χ4v) is 4.89. The number of thiophene rings is 1. The lowest BCUT2D eigenvalue weighted by atomic mass is 10.2. The van der Waals surface area contributed by atoms with Gasteiger partial charge in [-0.15, -0.1) is 11.3 Å². The molecular weight excluding hydrogens is 539 g/mol. The number of nitriles is 1. The number of carbonyl (C=O) groups is 2. The molecule has 0 radical (unpaired) electrons. The predicted molar refractivity (Wildman–Crippen MR) is 147 cm³/mol. The maximum absolute atomic E-state index is 14.7. The molecule has 40 heavy (non-hydrogen) atoms. The summed E-state index contributed by atoms with van der Waals surface area (Å²) in [6, 6.07) is 9.94. The summed E-state index contributed by atoms with van der Waals surface area (Å²) in [5.74, 6) is -0.159. The number of methoxy groups -OCH3 is 1. The first-order chi connectivity index (χ1) is 19.3. The summed E-state index contributed by atoms with van der Waals surface area (Å²) in [5.41, 5.74) is 1.12. The number of likely N-dealkylation sites (N-methyl/N-ethyl adjacent to an activating group) is 1. The van der Waals surface area contributed by atoms with Gasteiger partial charge in [0, 0.05) is 44.7 Å². The maximum atomic E-state index is 14.7. The Balaban J connectivity index is 1.51. The molecule has 4 rings (SSSR count). The van der Waals surface area contributed by atoms with Crippen LogP contribution in [0.3, 0.4) is 0 Å². The number of carbonyl (C=O) groups excluding carboxylic acids is 2. The number of ether oxygens (including phenoxy) is 3. The minimum absolute atomic E-state index is 0.220. The Hall–Kier alpha value is -4.70. The fourth-order valence-electron chi connectivity index (χ4n) is 3.93. The SMILES string of the molecule is CCOc1cc(-c2cc(NCCn3c(C#N)cc4c(OC)ccc(F)c43)ncn2)sc1C(=O)OCC(=O)N(C)C. The molecule has 0 aliphatic carbocycles. The fraction of sp³-hybridized carbons (Fsp3) is 0.296. The highest BCUT2D eigenvalue weighted by Gasteiger charge is 2.22. The van der Waals surface area contributed by atoms with E-state index in [1.54, 1.807) is 43.8 Å². The molecule has 0 spiro atoms. The monoisotopic (exact) mass is 566 g/mol. The molecule has 3 heterocycles. The Morgan fingerprint density at radius 1 is 1.20 bits per heavy atom. The maximum Gasteiger partial charge on any atom is 0.352 e. The molecule has 11 nitrogen and oxygen atoms in total. The molecule has 0 fully saturated rings. The van der Waals surface area contributed by atoms with Gasteiger partial charge in [0.2, 0.25) is 0 Å². The molecule has 0 aliphatic rings. The van der Waals surface area contributed by atoms with E-state index >= 15 is 0 Å². The highest BCUT2D eigenvalue weighted by molar-refractivity contribution is 7.17. The first kappa shape index (κ1) is 28.3. The highest BCUT2D eigenvalue weighted by atomic mass is 32.1. The Morgan fingerprint density at radius 2 is 2.00 bits per heavy atom. The van der Waals surface area contributed by atoms with E-state index in [1.165, 1.54) is 30.5 Å². The molecule has 1 N–H and O–H groups in total. The Bertz CT molecular complexity index is 1590. The zero-order valence-corrected chi connectivity index (χ0v) is 23.2. The topological polar surface area (TPSA) is 132 Å². The van der Waals surface area contributed by atoms with E-state index in [0.29, 0.717) is 52.1 Å². The molecule has 0 saturated heterocycles. The molecule has 208 valence electrons. The number of anilines is 1. The molecule has 0 atom stereocenters. The normalized spacial score (nSPS) is 10.7. The zero-order valence-electron chi connectivity index (χ0n) is 22.4. The van der Waals surface area contributed by atoms with Gasteiger partial charge in [0.05, 0.1) is 29.8 Å².